The van der Waals surface area contributed by atoms with Crippen molar-refractivity contribution < 1.29 is 9.53 Å². The van der Waals surface area contributed by atoms with Crippen molar-refractivity contribution in [3.05, 3.63) is 81.9 Å². The summed E-state index contributed by atoms with van der Waals surface area (Å²) in [6, 6.07) is 14.7. The van der Waals surface area contributed by atoms with Crippen LogP contribution in [0.2, 0.25) is 0 Å². The number of nitrogens with zero attached hydrogens (tertiary/aromatic N) is 2. The summed E-state index contributed by atoms with van der Waals surface area (Å²) >= 11 is 0. The van der Waals surface area contributed by atoms with Crippen LogP contribution in [0.25, 0.3) is 5.65 Å². The molecule has 3 rings (SSSR count). The molecular weight excluding hydrogens is 328 g/mol. The normalized spacial score (nSPS) is 12.1. The maximum absolute atomic E-state index is 12.6. The van der Waals surface area contributed by atoms with Crippen molar-refractivity contribution in [1.82, 2.24) is 9.38 Å². The molecule has 26 heavy (non-hydrogen) atoms. The number of aryl methyl sites for hydroxylation is 1. The molecule has 5 heteroatoms. The number of carbonyl (C=O) groups is 1. The van der Waals surface area contributed by atoms with Crippen LogP contribution in [0.3, 0.4) is 0 Å². The Morgan fingerprint density at radius 3 is 2.69 bits per heavy atom. The number of carbonyl (C=O) groups excluding carboxylic acids is 1. The summed E-state index contributed by atoms with van der Waals surface area (Å²) < 4.78 is 6.97. The maximum Gasteiger partial charge on any atom is 0.313 e. The van der Waals surface area contributed by atoms with Crippen LogP contribution in [0.15, 0.2) is 59.5 Å². The van der Waals surface area contributed by atoms with E-state index in [1.165, 1.54) is 10.5 Å². The molecule has 0 saturated carbocycles. The van der Waals surface area contributed by atoms with Crippen LogP contribution in [0, 0.1) is 6.92 Å². The zero-order valence-electron chi connectivity index (χ0n) is 15.0. The van der Waals surface area contributed by atoms with E-state index in [9.17, 15) is 9.59 Å². The molecule has 0 aliphatic carbocycles. The first-order valence-corrected chi connectivity index (χ1v) is 8.79. The lowest BCUT2D eigenvalue weighted by atomic mass is 9.95. The number of pyridine rings is 1. The van der Waals surface area contributed by atoms with Crippen LogP contribution < -0.4 is 5.56 Å². The third-order valence-corrected chi connectivity index (χ3v) is 4.29. The van der Waals surface area contributed by atoms with E-state index in [2.05, 4.69) is 4.98 Å². The second-order valence-electron chi connectivity index (χ2n) is 6.38. The number of ether oxygens (including phenoxy) is 1. The lowest BCUT2D eigenvalue weighted by Crippen LogP contribution is -2.19. The Labute approximate surface area is 152 Å². The second kappa shape index (κ2) is 7.95. The summed E-state index contributed by atoms with van der Waals surface area (Å²) in [5, 5.41) is 0. The standard InChI is InChI=1S/C21H22N2O3/c1-3-7-18(16-8-5-4-6-9-16)21(25)26-14-17-12-20(24)23-13-15(2)10-11-19(23)22-17/h4-6,8-13,18H,3,7,14H2,1-2H3. The Morgan fingerprint density at radius 1 is 1.19 bits per heavy atom. The lowest BCUT2D eigenvalue weighted by molar-refractivity contribution is -0.147. The Balaban J connectivity index is 1.77. The fourth-order valence-corrected chi connectivity index (χ4v) is 2.97. The van der Waals surface area contributed by atoms with E-state index in [4.69, 9.17) is 4.74 Å². The maximum atomic E-state index is 12.6. The van der Waals surface area contributed by atoms with E-state index in [1.807, 2.05) is 50.2 Å². The first-order valence-electron chi connectivity index (χ1n) is 8.79. The molecule has 2 aromatic heterocycles. The van der Waals surface area contributed by atoms with Crippen molar-refractivity contribution in [2.45, 2.75) is 39.2 Å². The number of hydrogen-bond donors (Lipinski definition) is 0. The molecule has 0 aliphatic rings. The largest absolute Gasteiger partial charge is 0.459 e. The average molecular weight is 350 g/mol. The molecule has 2 heterocycles. The predicted octanol–water partition coefficient (Wildman–Crippen LogP) is 3.63. The van der Waals surface area contributed by atoms with E-state index in [1.54, 1.807) is 12.3 Å². The number of aromatic nitrogens is 2. The van der Waals surface area contributed by atoms with Crippen molar-refractivity contribution >= 4 is 11.6 Å². The van der Waals surface area contributed by atoms with Crippen LogP contribution in [0.4, 0.5) is 0 Å². The molecule has 1 unspecified atom stereocenters. The van der Waals surface area contributed by atoms with Gasteiger partial charge >= 0.3 is 5.97 Å². The van der Waals surface area contributed by atoms with Gasteiger partial charge in [-0.05, 0) is 30.5 Å². The van der Waals surface area contributed by atoms with Gasteiger partial charge in [-0.1, -0.05) is 49.7 Å². The molecule has 0 N–H and O–H groups in total. The fraction of sp³-hybridized carbons (Fsp3) is 0.286. The summed E-state index contributed by atoms with van der Waals surface area (Å²) in [6.07, 6.45) is 3.34. The van der Waals surface area contributed by atoms with Gasteiger partial charge in [-0.3, -0.25) is 14.0 Å². The third-order valence-electron chi connectivity index (χ3n) is 4.29. The van der Waals surface area contributed by atoms with Crippen molar-refractivity contribution in [2.75, 3.05) is 0 Å². The molecule has 1 atom stereocenters. The highest BCUT2D eigenvalue weighted by Gasteiger charge is 2.21. The summed E-state index contributed by atoms with van der Waals surface area (Å²) in [5.74, 6) is -0.589. The molecule has 3 aromatic rings. The molecule has 0 spiro atoms. The van der Waals surface area contributed by atoms with Crippen molar-refractivity contribution in [1.29, 1.82) is 0 Å². The minimum Gasteiger partial charge on any atom is -0.459 e. The van der Waals surface area contributed by atoms with Gasteiger partial charge in [-0.25, -0.2) is 4.98 Å². The predicted molar refractivity (Wildman–Crippen MR) is 100 cm³/mol. The van der Waals surface area contributed by atoms with Gasteiger partial charge in [0, 0.05) is 12.3 Å². The summed E-state index contributed by atoms with van der Waals surface area (Å²) in [5.41, 5.74) is 2.74. The highest BCUT2D eigenvalue weighted by Crippen LogP contribution is 2.23. The Kier molecular flexibility index (Phi) is 5.46. The van der Waals surface area contributed by atoms with Gasteiger partial charge in [0.05, 0.1) is 11.6 Å². The molecular formula is C21H22N2O3. The van der Waals surface area contributed by atoms with Crippen molar-refractivity contribution in [3.8, 4) is 0 Å². The smallest absolute Gasteiger partial charge is 0.313 e. The minimum atomic E-state index is -0.301. The average Bonchev–Trinajstić information content (AvgIpc) is 2.65. The summed E-state index contributed by atoms with van der Waals surface area (Å²) in [4.78, 5) is 29.2. The third kappa shape index (κ3) is 3.99. The van der Waals surface area contributed by atoms with Crippen LogP contribution in [-0.2, 0) is 16.1 Å². The van der Waals surface area contributed by atoms with Gasteiger partial charge in [-0.2, -0.15) is 0 Å². The Bertz CT molecular complexity index is 964. The van der Waals surface area contributed by atoms with Gasteiger partial charge in [0.2, 0.25) is 0 Å². The first kappa shape index (κ1) is 17.9. The van der Waals surface area contributed by atoms with Gasteiger partial charge < -0.3 is 4.74 Å². The highest BCUT2D eigenvalue weighted by molar-refractivity contribution is 5.78. The molecule has 0 saturated heterocycles. The number of esters is 1. The molecule has 134 valence electrons. The molecule has 1 aromatic carbocycles. The van der Waals surface area contributed by atoms with Crippen LogP contribution in [-0.4, -0.2) is 15.4 Å². The van der Waals surface area contributed by atoms with Gasteiger partial charge in [0.15, 0.2) is 0 Å². The topological polar surface area (TPSA) is 60.7 Å². The van der Waals surface area contributed by atoms with Crippen LogP contribution >= 0.6 is 0 Å². The molecule has 0 fully saturated rings. The first-order chi connectivity index (χ1) is 12.6. The Hall–Kier alpha value is -2.95. The summed E-state index contributed by atoms with van der Waals surface area (Å²) in [7, 11) is 0. The molecule has 0 aliphatic heterocycles. The lowest BCUT2D eigenvalue weighted by Gasteiger charge is -2.15. The number of hydrogen-bond acceptors (Lipinski definition) is 4. The molecule has 5 nitrogen and oxygen atoms in total. The van der Waals surface area contributed by atoms with E-state index in [0.29, 0.717) is 11.3 Å². The second-order valence-corrected chi connectivity index (χ2v) is 6.38. The summed E-state index contributed by atoms with van der Waals surface area (Å²) in [6.45, 7) is 3.95. The van der Waals surface area contributed by atoms with E-state index in [0.717, 1.165) is 24.0 Å². The van der Waals surface area contributed by atoms with E-state index in [-0.39, 0.29) is 24.1 Å². The zero-order chi connectivity index (χ0) is 18.5. The van der Waals surface area contributed by atoms with Crippen molar-refractivity contribution in [2.24, 2.45) is 0 Å². The SMILES string of the molecule is CCCC(C(=O)OCc1cc(=O)n2cc(C)ccc2n1)c1ccccc1. The van der Waals surface area contributed by atoms with Crippen LogP contribution in [0.1, 0.15) is 42.5 Å². The van der Waals surface area contributed by atoms with Gasteiger partial charge in [0.1, 0.15) is 12.3 Å². The van der Waals surface area contributed by atoms with Crippen molar-refractivity contribution in [3.63, 3.8) is 0 Å². The Morgan fingerprint density at radius 2 is 1.96 bits per heavy atom. The number of rotatable bonds is 6. The van der Waals surface area contributed by atoms with Gasteiger partial charge in [0.25, 0.3) is 5.56 Å². The minimum absolute atomic E-state index is 0.00843. The number of benzene rings is 1. The van der Waals surface area contributed by atoms with Crippen LogP contribution in [0.5, 0.6) is 0 Å². The quantitative estimate of drug-likeness (QED) is 0.637. The molecule has 0 bridgehead atoms. The van der Waals surface area contributed by atoms with Gasteiger partial charge in [-0.15, -0.1) is 0 Å². The van der Waals surface area contributed by atoms with E-state index >= 15 is 0 Å². The fourth-order valence-electron chi connectivity index (χ4n) is 2.97. The molecule has 0 radical (unpaired) electrons. The molecule has 0 amide bonds. The highest BCUT2D eigenvalue weighted by atomic mass is 16.5. The monoisotopic (exact) mass is 350 g/mol. The number of fused-ring (bicyclic) bond motifs is 1. The van der Waals surface area contributed by atoms with E-state index < -0.39 is 0 Å². The zero-order valence-corrected chi connectivity index (χ0v) is 15.0.